The Bertz CT molecular complexity index is 301. The molecule has 1 aromatic rings. The SMILES string of the molecule is CCC(C)(C)CNC(C)c1ccc(C)o1. The molecule has 1 aromatic heterocycles. The van der Waals surface area contributed by atoms with Gasteiger partial charge in [0.25, 0.3) is 0 Å². The second kappa shape index (κ2) is 4.84. The summed E-state index contributed by atoms with van der Waals surface area (Å²) in [4.78, 5) is 0. The van der Waals surface area contributed by atoms with Crippen LogP contribution in [0.3, 0.4) is 0 Å². The lowest BCUT2D eigenvalue weighted by molar-refractivity contribution is 0.300. The molecule has 1 rings (SSSR count). The molecule has 0 radical (unpaired) electrons. The van der Waals surface area contributed by atoms with Gasteiger partial charge in [0, 0.05) is 6.54 Å². The molecule has 1 N–H and O–H groups in total. The predicted octanol–water partition coefficient (Wildman–Crippen LogP) is 3.67. The number of furan rings is 1. The van der Waals surface area contributed by atoms with E-state index in [9.17, 15) is 0 Å². The molecule has 86 valence electrons. The van der Waals surface area contributed by atoms with E-state index in [2.05, 4.69) is 33.0 Å². The van der Waals surface area contributed by atoms with Crippen molar-refractivity contribution in [2.45, 2.75) is 47.1 Å². The number of rotatable bonds is 5. The third-order valence-electron chi connectivity index (χ3n) is 3.03. The smallest absolute Gasteiger partial charge is 0.120 e. The molecule has 0 aliphatic carbocycles. The van der Waals surface area contributed by atoms with Crippen molar-refractivity contribution in [3.05, 3.63) is 23.7 Å². The molecule has 2 heteroatoms. The number of hydrogen-bond donors (Lipinski definition) is 1. The van der Waals surface area contributed by atoms with Crippen molar-refractivity contribution in [1.82, 2.24) is 5.32 Å². The predicted molar refractivity (Wildman–Crippen MR) is 63.9 cm³/mol. The molecule has 2 nitrogen and oxygen atoms in total. The highest BCUT2D eigenvalue weighted by atomic mass is 16.3. The maximum Gasteiger partial charge on any atom is 0.120 e. The van der Waals surface area contributed by atoms with Crippen LogP contribution in [0.2, 0.25) is 0 Å². The van der Waals surface area contributed by atoms with E-state index in [1.54, 1.807) is 0 Å². The number of nitrogens with one attached hydrogen (secondary N) is 1. The molecule has 1 heterocycles. The topological polar surface area (TPSA) is 25.2 Å². The second-order valence-electron chi connectivity index (χ2n) is 5.07. The van der Waals surface area contributed by atoms with Crippen molar-refractivity contribution in [1.29, 1.82) is 0 Å². The van der Waals surface area contributed by atoms with Gasteiger partial charge in [-0.3, -0.25) is 0 Å². The minimum atomic E-state index is 0.296. The highest BCUT2D eigenvalue weighted by Gasteiger charge is 2.17. The lowest BCUT2D eigenvalue weighted by Gasteiger charge is -2.25. The lowest BCUT2D eigenvalue weighted by Crippen LogP contribution is -2.30. The molecule has 0 amide bonds. The van der Waals surface area contributed by atoms with E-state index in [-0.39, 0.29) is 0 Å². The van der Waals surface area contributed by atoms with Crippen LogP contribution >= 0.6 is 0 Å². The van der Waals surface area contributed by atoms with Crippen LogP contribution in [0.5, 0.6) is 0 Å². The van der Waals surface area contributed by atoms with Crippen LogP contribution in [0.1, 0.15) is 51.7 Å². The van der Waals surface area contributed by atoms with Crippen LogP contribution in [-0.4, -0.2) is 6.54 Å². The van der Waals surface area contributed by atoms with Gasteiger partial charge in [0.2, 0.25) is 0 Å². The largest absolute Gasteiger partial charge is 0.465 e. The van der Waals surface area contributed by atoms with Crippen LogP contribution in [0.15, 0.2) is 16.5 Å². The second-order valence-corrected chi connectivity index (χ2v) is 5.07. The fraction of sp³-hybridized carbons (Fsp3) is 0.692. The van der Waals surface area contributed by atoms with Crippen LogP contribution in [0, 0.1) is 12.3 Å². The molecule has 1 unspecified atom stereocenters. The zero-order chi connectivity index (χ0) is 11.5. The van der Waals surface area contributed by atoms with Crippen LogP contribution in [0.4, 0.5) is 0 Å². The van der Waals surface area contributed by atoms with Crippen LogP contribution in [0.25, 0.3) is 0 Å². The molecule has 0 aliphatic heterocycles. The van der Waals surface area contributed by atoms with Gasteiger partial charge in [0.15, 0.2) is 0 Å². The number of aryl methyl sites for hydroxylation is 1. The fourth-order valence-corrected chi connectivity index (χ4v) is 1.34. The minimum absolute atomic E-state index is 0.296. The lowest BCUT2D eigenvalue weighted by atomic mass is 9.90. The van der Waals surface area contributed by atoms with E-state index in [0.717, 1.165) is 18.1 Å². The van der Waals surface area contributed by atoms with Crippen molar-refractivity contribution in [2.24, 2.45) is 5.41 Å². The number of hydrogen-bond acceptors (Lipinski definition) is 2. The van der Waals surface area contributed by atoms with Crippen molar-refractivity contribution >= 4 is 0 Å². The highest BCUT2D eigenvalue weighted by molar-refractivity contribution is 5.08. The van der Waals surface area contributed by atoms with Crippen molar-refractivity contribution in [3.8, 4) is 0 Å². The Balaban J connectivity index is 2.46. The molecule has 0 spiro atoms. The van der Waals surface area contributed by atoms with E-state index in [1.807, 2.05) is 19.1 Å². The standard InChI is InChI=1S/C13H23NO/c1-6-13(4,5)9-14-11(3)12-8-7-10(2)15-12/h7-8,11,14H,6,9H2,1-5H3. The van der Waals surface area contributed by atoms with E-state index >= 15 is 0 Å². The van der Waals surface area contributed by atoms with Gasteiger partial charge in [-0.2, -0.15) is 0 Å². The summed E-state index contributed by atoms with van der Waals surface area (Å²) < 4.78 is 5.58. The molecule has 0 aliphatic rings. The van der Waals surface area contributed by atoms with Gasteiger partial charge in [-0.15, -0.1) is 0 Å². The summed E-state index contributed by atoms with van der Waals surface area (Å²) in [7, 11) is 0. The summed E-state index contributed by atoms with van der Waals surface area (Å²) >= 11 is 0. The molecular formula is C13H23NO. The minimum Gasteiger partial charge on any atom is -0.465 e. The Hall–Kier alpha value is -0.760. The quantitative estimate of drug-likeness (QED) is 0.800. The summed E-state index contributed by atoms with van der Waals surface area (Å²) in [5, 5.41) is 3.51. The van der Waals surface area contributed by atoms with Crippen molar-refractivity contribution in [2.75, 3.05) is 6.54 Å². The molecule has 15 heavy (non-hydrogen) atoms. The first-order chi connectivity index (χ1) is 6.94. The third-order valence-corrected chi connectivity index (χ3v) is 3.03. The Morgan fingerprint density at radius 3 is 2.53 bits per heavy atom. The Morgan fingerprint density at radius 1 is 1.40 bits per heavy atom. The summed E-state index contributed by atoms with van der Waals surface area (Å²) in [5.41, 5.74) is 0.357. The molecule has 0 fully saturated rings. The van der Waals surface area contributed by atoms with E-state index in [1.165, 1.54) is 6.42 Å². The highest BCUT2D eigenvalue weighted by Crippen LogP contribution is 2.21. The average molecular weight is 209 g/mol. The summed E-state index contributed by atoms with van der Waals surface area (Å²) in [5.74, 6) is 2.01. The zero-order valence-corrected chi connectivity index (χ0v) is 10.6. The van der Waals surface area contributed by atoms with Gasteiger partial charge in [-0.1, -0.05) is 20.8 Å². The van der Waals surface area contributed by atoms with Gasteiger partial charge < -0.3 is 9.73 Å². The van der Waals surface area contributed by atoms with Crippen LogP contribution < -0.4 is 5.32 Å². The molecule has 0 saturated heterocycles. The fourth-order valence-electron chi connectivity index (χ4n) is 1.34. The molecule has 1 atom stereocenters. The third kappa shape index (κ3) is 3.71. The van der Waals surface area contributed by atoms with E-state index in [0.29, 0.717) is 11.5 Å². The van der Waals surface area contributed by atoms with Gasteiger partial charge in [0.05, 0.1) is 6.04 Å². The Morgan fingerprint density at radius 2 is 2.07 bits per heavy atom. The first kappa shape index (κ1) is 12.3. The van der Waals surface area contributed by atoms with Gasteiger partial charge in [-0.05, 0) is 37.8 Å². The first-order valence-corrected chi connectivity index (χ1v) is 5.74. The molecule has 0 aromatic carbocycles. The normalized spacial score (nSPS) is 14.2. The van der Waals surface area contributed by atoms with Gasteiger partial charge in [-0.25, -0.2) is 0 Å². The van der Waals surface area contributed by atoms with Crippen molar-refractivity contribution < 1.29 is 4.42 Å². The maximum atomic E-state index is 5.58. The average Bonchev–Trinajstić information content (AvgIpc) is 2.61. The Labute approximate surface area is 93.1 Å². The van der Waals surface area contributed by atoms with Gasteiger partial charge >= 0.3 is 0 Å². The molecule has 0 saturated carbocycles. The van der Waals surface area contributed by atoms with Gasteiger partial charge in [0.1, 0.15) is 11.5 Å². The summed E-state index contributed by atoms with van der Waals surface area (Å²) in [6, 6.07) is 4.36. The van der Waals surface area contributed by atoms with Crippen molar-refractivity contribution in [3.63, 3.8) is 0 Å². The maximum absolute atomic E-state index is 5.58. The van der Waals surface area contributed by atoms with Crippen LogP contribution in [-0.2, 0) is 0 Å². The van der Waals surface area contributed by atoms with E-state index in [4.69, 9.17) is 4.42 Å². The molecular weight excluding hydrogens is 186 g/mol. The van der Waals surface area contributed by atoms with E-state index < -0.39 is 0 Å². The Kier molecular flexibility index (Phi) is 3.97. The summed E-state index contributed by atoms with van der Waals surface area (Å²) in [6.45, 7) is 11.9. The monoisotopic (exact) mass is 209 g/mol. The first-order valence-electron chi connectivity index (χ1n) is 5.74. The zero-order valence-electron chi connectivity index (χ0n) is 10.6. The summed E-state index contributed by atoms with van der Waals surface area (Å²) in [6.07, 6.45) is 1.18. The molecule has 0 bridgehead atoms.